The van der Waals surface area contributed by atoms with Crippen molar-refractivity contribution >= 4 is 10.8 Å². The van der Waals surface area contributed by atoms with E-state index >= 15 is 0 Å². The zero-order chi connectivity index (χ0) is 10.7. The minimum atomic E-state index is -0.728. The van der Waals surface area contributed by atoms with Crippen molar-refractivity contribution in [2.24, 2.45) is 5.73 Å². The Balaban J connectivity index is 1.92. The van der Waals surface area contributed by atoms with E-state index in [-0.39, 0.29) is 11.3 Å². The second kappa shape index (κ2) is 5.41. The van der Waals surface area contributed by atoms with E-state index in [1.807, 2.05) is 0 Å². The first-order valence-corrected chi connectivity index (χ1v) is 7.29. The van der Waals surface area contributed by atoms with Gasteiger partial charge in [0, 0.05) is 35.3 Å². The molecule has 0 aromatic carbocycles. The van der Waals surface area contributed by atoms with Crippen LogP contribution in [-0.4, -0.2) is 34.0 Å². The van der Waals surface area contributed by atoms with Gasteiger partial charge in [0.1, 0.15) is 0 Å². The summed E-state index contributed by atoms with van der Waals surface area (Å²) in [5.41, 5.74) is 6.06. The first-order chi connectivity index (χ1) is 7.29. The fraction of sp³-hybridized carbons (Fsp3) is 1.00. The third-order valence-corrected chi connectivity index (χ3v) is 5.86. The monoisotopic (exact) mass is 231 g/mol. The van der Waals surface area contributed by atoms with Crippen LogP contribution >= 0.6 is 0 Å². The topological polar surface area (TPSA) is 52.3 Å². The second-order valence-corrected chi connectivity index (χ2v) is 6.56. The number of ether oxygens (including phenoxy) is 1. The molecule has 1 saturated carbocycles. The SMILES string of the molecule is NC1CCCCC1S(=O)C1CCOCC1. The summed E-state index contributed by atoms with van der Waals surface area (Å²) in [4.78, 5) is 0. The van der Waals surface area contributed by atoms with Crippen LogP contribution < -0.4 is 5.73 Å². The predicted molar refractivity (Wildman–Crippen MR) is 62.2 cm³/mol. The highest BCUT2D eigenvalue weighted by atomic mass is 32.2. The van der Waals surface area contributed by atoms with Crippen LogP contribution in [0.1, 0.15) is 38.5 Å². The van der Waals surface area contributed by atoms with E-state index in [9.17, 15) is 4.21 Å². The Bertz CT molecular complexity index is 229. The van der Waals surface area contributed by atoms with Gasteiger partial charge >= 0.3 is 0 Å². The van der Waals surface area contributed by atoms with Gasteiger partial charge in [-0.3, -0.25) is 4.21 Å². The average molecular weight is 231 g/mol. The Morgan fingerprint density at radius 2 is 1.73 bits per heavy atom. The zero-order valence-corrected chi connectivity index (χ0v) is 10.0. The molecule has 0 spiro atoms. The van der Waals surface area contributed by atoms with Gasteiger partial charge in [0.25, 0.3) is 0 Å². The number of hydrogen-bond acceptors (Lipinski definition) is 3. The van der Waals surface area contributed by atoms with E-state index in [2.05, 4.69) is 0 Å². The van der Waals surface area contributed by atoms with Gasteiger partial charge in [-0.1, -0.05) is 12.8 Å². The molecule has 3 nitrogen and oxygen atoms in total. The second-order valence-electron chi connectivity index (χ2n) is 4.63. The third kappa shape index (κ3) is 2.80. The molecular formula is C11H21NO2S. The van der Waals surface area contributed by atoms with Gasteiger partial charge in [-0.05, 0) is 25.7 Å². The van der Waals surface area contributed by atoms with Gasteiger partial charge in [-0.15, -0.1) is 0 Å². The van der Waals surface area contributed by atoms with Crippen molar-refractivity contribution in [1.82, 2.24) is 0 Å². The van der Waals surface area contributed by atoms with Gasteiger partial charge < -0.3 is 10.5 Å². The van der Waals surface area contributed by atoms with Crippen LogP contribution in [0.25, 0.3) is 0 Å². The molecule has 88 valence electrons. The number of hydrogen-bond donors (Lipinski definition) is 1. The Morgan fingerprint density at radius 3 is 2.40 bits per heavy atom. The molecule has 4 heteroatoms. The molecule has 0 amide bonds. The standard InChI is InChI=1S/C11H21NO2S/c12-10-3-1-2-4-11(10)15(13)9-5-7-14-8-6-9/h9-11H,1-8,12H2. The van der Waals surface area contributed by atoms with E-state index in [1.165, 1.54) is 12.8 Å². The quantitative estimate of drug-likeness (QED) is 0.776. The van der Waals surface area contributed by atoms with Crippen molar-refractivity contribution in [2.75, 3.05) is 13.2 Å². The highest BCUT2D eigenvalue weighted by Gasteiger charge is 2.32. The molecule has 1 heterocycles. The fourth-order valence-corrected chi connectivity index (χ4v) is 4.60. The maximum Gasteiger partial charge on any atom is 0.0501 e. The molecule has 2 N–H and O–H groups in total. The minimum Gasteiger partial charge on any atom is -0.381 e. The Hall–Kier alpha value is 0.0700. The predicted octanol–water partition coefficient (Wildman–Crippen LogP) is 1.18. The first-order valence-electron chi connectivity index (χ1n) is 6.02. The summed E-state index contributed by atoms with van der Waals surface area (Å²) < 4.78 is 17.6. The largest absolute Gasteiger partial charge is 0.381 e. The van der Waals surface area contributed by atoms with Crippen LogP contribution in [0.4, 0.5) is 0 Å². The molecule has 0 aromatic heterocycles. The molecule has 2 rings (SSSR count). The van der Waals surface area contributed by atoms with Crippen molar-refractivity contribution in [2.45, 2.75) is 55.1 Å². The van der Waals surface area contributed by atoms with Crippen molar-refractivity contribution in [3.8, 4) is 0 Å². The lowest BCUT2D eigenvalue weighted by Gasteiger charge is -2.32. The van der Waals surface area contributed by atoms with Gasteiger partial charge in [0.05, 0.1) is 5.25 Å². The van der Waals surface area contributed by atoms with Crippen molar-refractivity contribution in [3.05, 3.63) is 0 Å². The highest BCUT2D eigenvalue weighted by molar-refractivity contribution is 7.86. The normalized spacial score (nSPS) is 36.3. The summed E-state index contributed by atoms with van der Waals surface area (Å²) in [6.07, 6.45) is 6.44. The molecular weight excluding hydrogens is 210 g/mol. The summed E-state index contributed by atoms with van der Waals surface area (Å²) >= 11 is 0. The molecule has 15 heavy (non-hydrogen) atoms. The van der Waals surface area contributed by atoms with E-state index in [0.717, 1.165) is 38.9 Å². The van der Waals surface area contributed by atoms with E-state index < -0.39 is 10.8 Å². The lowest BCUT2D eigenvalue weighted by Crippen LogP contribution is -2.44. The van der Waals surface area contributed by atoms with Gasteiger partial charge in [0.15, 0.2) is 0 Å². The first kappa shape index (κ1) is 11.6. The minimum absolute atomic E-state index is 0.169. The van der Waals surface area contributed by atoms with E-state index in [0.29, 0.717) is 5.25 Å². The van der Waals surface area contributed by atoms with E-state index in [4.69, 9.17) is 10.5 Å². The Morgan fingerprint density at radius 1 is 1.07 bits per heavy atom. The smallest absolute Gasteiger partial charge is 0.0501 e. The molecule has 0 aromatic rings. The maximum absolute atomic E-state index is 12.3. The van der Waals surface area contributed by atoms with Crippen LogP contribution in [0.5, 0.6) is 0 Å². The zero-order valence-electron chi connectivity index (χ0n) is 9.19. The number of nitrogens with two attached hydrogens (primary N) is 1. The van der Waals surface area contributed by atoms with Crippen LogP contribution in [0.15, 0.2) is 0 Å². The maximum atomic E-state index is 12.3. The van der Waals surface area contributed by atoms with Gasteiger partial charge in [-0.25, -0.2) is 0 Å². The number of rotatable bonds is 2. The Kier molecular flexibility index (Phi) is 4.17. The highest BCUT2D eigenvalue weighted by Crippen LogP contribution is 2.26. The van der Waals surface area contributed by atoms with Gasteiger partial charge in [-0.2, -0.15) is 0 Å². The van der Waals surface area contributed by atoms with Crippen LogP contribution in [0, 0.1) is 0 Å². The van der Waals surface area contributed by atoms with E-state index in [1.54, 1.807) is 0 Å². The summed E-state index contributed by atoms with van der Waals surface area (Å²) in [6, 6.07) is 0.169. The molecule has 3 unspecified atom stereocenters. The average Bonchev–Trinajstić information content (AvgIpc) is 2.30. The third-order valence-electron chi connectivity index (χ3n) is 3.55. The van der Waals surface area contributed by atoms with Crippen LogP contribution in [0.2, 0.25) is 0 Å². The van der Waals surface area contributed by atoms with Crippen LogP contribution in [-0.2, 0) is 15.5 Å². The summed E-state index contributed by atoms with van der Waals surface area (Å²) in [5, 5.41) is 0.592. The molecule has 1 aliphatic heterocycles. The lowest BCUT2D eigenvalue weighted by atomic mass is 9.96. The lowest BCUT2D eigenvalue weighted by molar-refractivity contribution is 0.0989. The summed E-state index contributed by atoms with van der Waals surface area (Å²) in [7, 11) is -0.728. The summed E-state index contributed by atoms with van der Waals surface area (Å²) in [6.45, 7) is 1.55. The Labute approximate surface area is 94.2 Å². The fourth-order valence-electron chi connectivity index (χ4n) is 2.57. The van der Waals surface area contributed by atoms with Crippen LogP contribution in [0.3, 0.4) is 0 Å². The molecule has 1 saturated heterocycles. The van der Waals surface area contributed by atoms with Crippen molar-refractivity contribution in [1.29, 1.82) is 0 Å². The summed E-state index contributed by atoms with van der Waals surface area (Å²) in [5.74, 6) is 0. The van der Waals surface area contributed by atoms with Crippen molar-refractivity contribution in [3.63, 3.8) is 0 Å². The molecule has 0 radical (unpaired) electrons. The van der Waals surface area contributed by atoms with Gasteiger partial charge in [0.2, 0.25) is 0 Å². The molecule has 2 fully saturated rings. The molecule has 3 atom stereocenters. The molecule has 1 aliphatic carbocycles. The van der Waals surface area contributed by atoms with Crippen molar-refractivity contribution < 1.29 is 8.95 Å². The molecule has 0 bridgehead atoms. The molecule has 2 aliphatic rings.